The van der Waals surface area contributed by atoms with Gasteiger partial charge in [-0.15, -0.1) is 5.10 Å². The van der Waals surface area contributed by atoms with Crippen molar-refractivity contribution in [3.63, 3.8) is 0 Å². The van der Waals surface area contributed by atoms with Crippen molar-refractivity contribution in [2.75, 3.05) is 5.75 Å². The normalized spacial score (nSPS) is 16.7. The molecule has 2 N–H and O–H groups in total. The minimum atomic E-state index is -0.208. The maximum atomic E-state index is 11.1. The van der Waals surface area contributed by atoms with Crippen LogP contribution < -0.4 is 11.0 Å². The van der Waals surface area contributed by atoms with Crippen molar-refractivity contribution in [2.45, 2.75) is 36.5 Å². The molecule has 1 aliphatic rings. The second-order valence-corrected chi connectivity index (χ2v) is 5.19. The van der Waals surface area contributed by atoms with Gasteiger partial charge in [0.1, 0.15) is 0 Å². The first kappa shape index (κ1) is 12.2. The number of nitrogens with zero attached hydrogens (tertiary/aromatic N) is 3. The van der Waals surface area contributed by atoms with Crippen LogP contribution in [0.5, 0.6) is 0 Å². The number of thioether (sulfide) groups is 1. The standard InChI is InChI=1S/C10H15N5OS/c1-15-9(16)13-14-10(15)17-5-4-8(6-11)12-7-2-3-7/h7-8,12H,2-5H2,1H3,(H,13,16). The van der Waals surface area contributed by atoms with Crippen molar-refractivity contribution in [2.24, 2.45) is 7.05 Å². The molecule has 0 bridgehead atoms. The smallest absolute Gasteiger partial charge is 0.299 e. The van der Waals surface area contributed by atoms with Gasteiger partial charge in [-0.2, -0.15) is 5.26 Å². The van der Waals surface area contributed by atoms with E-state index in [4.69, 9.17) is 5.26 Å². The third-order valence-corrected chi connectivity index (χ3v) is 3.71. The third-order valence-electron chi connectivity index (χ3n) is 2.65. The summed E-state index contributed by atoms with van der Waals surface area (Å²) < 4.78 is 1.47. The Labute approximate surface area is 103 Å². The van der Waals surface area contributed by atoms with Crippen molar-refractivity contribution < 1.29 is 0 Å². The van der Waals surface area contributed by atoms with E-state index in [1.165, 1.54) is 29.2 Å². The zero-order valence-corrected chi connectivity index (χ0v) is 10.5. The lowest BCUT2D eigenvalue weighted by Crippen LogP contribution is -2.30. The highest BCUT2D eigenvalue weighted by Crippen LogP contribution is 2.21. The van der Waals surface area contributed by atoms with Gasteiger partial charge >= 0.3 is 5.69 Å². The van der Waals surface area contributed by atoms with Gasteiger partial charge < -0.3 is 0 Å². The van der Waals surface area contributed by atoms with E-state index >= 15 is 0 Å². The Balaban J connectivity index is 1.76. The summed E-state index contributed by atoms with van der Waals surface area (Å²) in [5.41, 5.74) is -0.208. The quantitative estimate of drug-likeness (QED) is 0.709. The monoisotopic (exact) mass is 253 g/mol. The lowest BCUT2D eigenvalue weighted by Gasteiger charge is -2.09. The van der Waals surface area contributed by atoms with Crippen LogP contribution in [0.2, 0.25) is 0 Å². The lowest BCUT2D eigenvalue weighted by molar-refractivity contribution is 0.586. The summed E-state index contributed by atoms with van der Waals surface area (Å²) in [5, 5.41) is 19.2. The zero-order chi connectivity index (χ0) is 12.3. The van der Waals surface area contributed by atoms with E-state index in [9.17, 15) is 4.79 Å². The van der Waals surface area contributed by atoms with E-state index in [2.05, 4.69) is 21.6 Å². The van der Waals surface area contributed by atoms with Crippen LogP contribution in [0.3, 0.4) is 0 Å². The Hall–Kier alpha value is -1.26. The van der Waals surface area contributed by atoms with Gasteiger partial charge in [0.25, 0.3) is 0 Å². The summed E-state index contributed by atoms with van der Waals surface area (Å²) in [6.07, 6.45) is 3.12. The molecule has 7 heteroatoms. The highest BCUT2D eigenvalue weighted by Gasteiger charge is 2.24. The molecule has 92 valence electrons. The molecule has 0 saturated heterocycles. The number of hydrogen-bond donors (Lipinski definition) is 2. The van der Waals surface area contributed by atoms with Gasteiger partial charge in [-0.3, -0.25) is 9.88 Å². The van der Waals surface area contributed by atoms with E-state index in [1.807, 2.05) is 0 Å². The molecular weight excluding hydrogens is 238 g/mol. The van der Waals surface area contributed by atoms with Gasteiger partial charge in [0.05, 0.1) is 12.1 Å². The lowest BCUT2D eigenvalue weighted by atomic mass is 10.2. The van der Waals surface area contributed by atoms with Gasteiger partial charge in [-0.25, -0.2) is 9.89 Å². The molecule has 1 heterocycles. The highest BCUT2D eigenvalue weighted by molar-refractivity contribution is 7.99. The first-order valence-electron chi connectivity index (χ1n) is 5.60. The zero-order valence-electron chi connectivity index (χ0n) is 9.64. The number of rotatable bonds is 6. The number of nitrogens with one attached hydrogen (secondary N) is 2. The maximum Gasteiger partial charge on any atom is 0.343 e. The Morgan fingerprint density at radius 3 is 3.06 bits per heavy atom. The molecule has 0 aliphatic heterocycles. The van der Waals surface area contributed by atoms with Gasteiger partial charge in [0.15, 0.2) is 5.16 Å². The molecule has 2 rings (SSSR count). The minimum absolute atomic E-state index is 0.0917. The van der Waals surface area contributed by atoms with E-state index in [-0.39, 0.29) is 11.7 Å². The predicted molar refractivity (Wildman–Crippen MR) is 64.7 cm³/mol. The van der Waals surface area contributed by atoms with Crippen molar-refractivity contribution in [3.05, 3.63) is 10.5 Å². The molecule has 0 aromatic carbocycles. The van der Waals surface area contributed by atoms with Crippen molar-refractivity contribution in [3.8, 4) is 6.07 Å². The Kier molecular flexibility index (Phi) is 3.86. The fraction of sp³-hybridized carbons (Fsp3) is 0.700. The van der Waals surface area contributed by atoms with Crippen LogP contribution in [0.1, 0.15) is 19.3 Å². The SMILES string of the molecule is Cn1c(SCCC(C#N)NC2CC2)n[nH]c1=O. The molecule has 0 spiro atoms. The van der Waals surface area contributed by atoms with Gasteiger partial charge in [-0.1, -0.05) is 11.8 Å². The van der Waals surface area contributed by atoms with Crippen LogP contribution in [0.25, 0.3) is 0 Å². The molecule has 6 nitrogen and oxygen atoms in total. The Bertz CT molecular complexity index is 470. The number of nitriles is 1. The molecule has 1 aromatic heterocycles. The van der Waals surface area contributed by atoms with Gasteiger partial charge in [0.2, 0.25) is 0 Å². The fourth-order valence-corrected chi connectivity index (χ4v) is 2.37. The fourth-order valence-electron chi connectivity index (χ4n) is 1.45. The molecule has 1 aliphatic carbocycles. The molecule has 1 saturated carbocycles. The maximum absolute atomic E-state index is 11.1. The van der Waals surface area contributed by atoms with Crippen LogP contribution in [-0.2, 0) is 7.05 Å². The summed E-state index contributed by atoms with van der Waals surface area (Å²) in [4.78, 5) is 11.1. The second kappa shape index (κ2) is 5.38. The van der Waals surface area contributed by atoms with E-state index in [0.717, 1.165) is 12.2 Å². The molecule has 0 amide bonds. The topological polar surface area (TPSA) is 86.5 Å². The van der Waals surface area contributed by atoms with E-state index < -0.39 is 0 Å². The van der Waals surface area contributed by atoms with E-state index in [1.54, 1.807) is 7.05 Å². The van der Waals surface area contributed by atoms with E-state index in [0.29, 0.717) is 11.2 Å². The Morgan fingerprint density at radius 1 is 1.76 bits per heavy atom. The number of hydrogen-bond acceptors (Lipinski definition) is 5. The van der Waals surface area contributed by atoms with Crippen LogP contribution >= 0.6 is 11.8 Å². The summed E-state index contributed by atoms with van der Waals surface area (Å²) in [7, 11) is 1.68. The first-order valence-corrected chi connectivity index (χ1v) is 6.59. The molecule has 1 atom stereocenters. The molecule has 1 aromatic rings. The summed E-state index contributed by atoms with van der Waals surface area (Å²) >= 11 is 1.49. The van der Waals surface area contributed by atoms with Crippen LogP contribution in [0.4, 0.5) is 0 Å². The molecule has 17 heavy (non-hydrogen) atoms. The molecule has 0 radical (unpaired) electrons. The molecule has 1 unspecified atom stereocenters. The van der Waals surface area contributed by atoms with Crippen LogP contribution in [0.15, 0.2) is 9.95 Å². The third kappa shape index (κ3) is 3.35. The second-order valence-electron chi connectivity index (χ2n) is 4.13. The number of aromatic nitrogens is 3. The Morgan fingerprint density at radius 2 is 2.53 bits per heavy atom. The summed E-state index contributed by atoms with van der Waals surface area (Å²) in [6.45, 7) is 0. The van der Waals surface area contributed by atoms with Crippen molar-refractivity contribution in [1.82, 2.24) is 20.1 Å². The summed E-state index contributed by atoms with van der Waals surface area (Å²) in [6, 6.07) is 2.71. The molecular formula is C10H15N5OS. The van der Waals surface area contributed by atoms with Crippen LogP contribution in [0, 0.1) is 11.3 Å². The van der Waals surface area contributed by atoms with Crippen LogP contribution in [-0.4, -0.2) is 32.6 Å². The average molecular weight is 253 g/mol. The largest absolute Gasteiger partial charge is 0.343 e. The molecule has 1 fully saturated rings. The van der Waals surface area contributed by atoms with Gasteiger partial charge in [0, 0.05) is 18.8 Å². The summed E-state index contributed by atoms with van der Waals surface area (Å²) in [5.74, 6) is 0.774. The highest BCUT2D eigenvalue weighted by atomic mass is 32.2. The first-order chi connectivity index (χ1) is 8.20. The van der Waals surface area contributed by atoms with Gasteiger partial charge in [-0.05, 0) is 19.3 Å². The predicted octanol–water partition coefficient (Wildman–Crippen LogP) is 0.235. The number of H-pyrrole nitrogens is 1. The van der Waals surface area contributed by atoms with Crippen molar-refractivity contribution in [1.29, 1.82) is 5.26 Å². The average Bonchev–Trinajstić information content (AvgIpc) is 3.09. The minimum Gasteiger partial charge on any atom is -0.299 e. The number of aromatic amines is 1. The van der Waals surface area contributed by atoms with Crippen molar-refractivity contribution >= 4 is 11.8 Å².